The van der Waals surface area contributed by atoms with E-state index in [9.17, 15) is 5.11 Å². The number of aromatic hydroxyl groups is 1. The Balaban J connectivity index is 3.18. The zero-order chi connectivity index (χ0) is 9.14. The SMILES string of the molecule is C#CC(C)c1cccc(Cl)c1O. The first-order chi connectivity index (χ1) is 5.66. The molecular formula is C10H9ClO. The monoisotopic (exact) mass is 180 g/mol. The van der Waals surface area contributed by atoms with Gasteiger partial charge in [-0.1, -0.05) is 29.7 Å². The van der Waals surface area contributed by atoms with Crippen LogP contribution >= 0.6 is 11.6 Å². The highest BCUT2D eigenvalue weighted by Gasteiger charge is 2.09. The van der Waals surface area contributed by atoms with Gasteiger partial charge in [0.2, 0.25) is 0 Å². The Hall–Kier alpha value is -1.13. The second kappa shape index (κ2) is 3.51. The first-order valence-corrected chi connectivity index (χ1v) is 3.98. The lowest BCUT2D eigenvalue weighted by molar-refractivity contribution is 0.467. The van der Waals surface area contributed by atoms with Crippen LogP contribution in [0, 0.1) is 12.3 Å². The van der Waals surface area contributed by atoms with E-state index in [1.807, 2.05) is 6.92 Å². The van der Waals surface area contributed by atoms with Crippen LogP contribution in [0.4, 0.5) is 0 Å². The molecule has 0 aliphatic rings. The van der Waals surface area contributed by atoms with E-state index in [1.54, 1.807) is 18.2 Å². The number of halogens is 1. The summed E-state index contributed by atoms with van der Waals surface area (Å²) in [6.45, 7) is 1.84. The van der Waals surface area contributed by atoms with Gasteiger partial charge in [0.15, 0.2) is 0 Å². The molecule has 1 nitrogen and oxygen atoms in total. The van der Waals surface area contributed by atoms with Crippen LogP contribution in [0.15, 0.2) is 18.2 Å². The molecule has 0 spiro atoms. The number of hydrogen-bond donors (Lipinski definition) is 1. The summed E-state index contributed by atoms with van der Waals surface area (Å²) in [7, 11) is 0. The van der Waals surface area contributed by atoms with E-state index in [2.05, 4.69) is 5.92 Å². The number of para-hydroxylation sites is 1. The van der Waals surface area contributed by atoms with Crippen LogP contribution < -0.4 is 0 Å². The largest absolute Gasteiger partial charge is 0.506 e. The second-order valence-corrected chi connectivity index (χ2v) is 2.97. The quantitative estimate of drug-likeness (QED) is 0.659. The molecule has 0 aromatic heterocycles. The second-order valence-electron chi connectivity index (χ2n) is 2.57. The fourth-order valence-electron chi connectivity index (χ4n) is 0.971. The first kappa shape index (κ1) is 8.96. The smallest absolute Gasteiger partial charge is 0.138 e. The van der Waals surface area contributed by atoms with E-state index in [-0.39, 0.29) is 11.7 Å². The molecule has 62 valence electrons. The molecule has 0 fully saturated rings. The average molecular weight is 181 g/mol. The summed E-state index contributed by atoms with van der Waals surface area (Å²) in [5.41, 5.74) is 0.699. The molecule has 1 aromatic carbocycles. The van der Waals surface area contributed by atoms with Crippen molar-refractivity contribution in [1.29, 1.82) is 0 Å². The lowest BCUT2D eigenvalue weighted by Crippen LogP contribution is -1.89. The molecule has 12 heavy (non-hydrogen) atoms. The van der Waals surface area contributed by atoms with Crippen molar-refractivity contribution in [1.82, 2.24) is 0 Å². The molecule has 0 aliphatic heterocycles. The van der Waals surface area contributed by atoms with Gasteiger partial charge in [-0.15, -0.1) is 6.42 Å². The van der Waals surface area contributed by atoms with E-state index >= 15 is 0 Å². The van der Waals surface area contributed by atoms with E-state index in [0.29, 0.717) is 10.6 Å². The van der Waals surface area contributed by atoms with Crippen LogP contribution in [0.3, 0.4) is 0 Å². The lowest BCUT2D eigenvalue weighted by atomic mass is 10.0. The van der Waals surface area contributed by atoms with Crippen LogP contribution in [0.1, 0.15) is 18.4 Å². The molecule has 1 unspecified atom stereocenters. The molecule has 1 N–H and O–H groups in total. The maximum atomic E-state index is 9.47. The van der Waals surface area contributed by atoms with Crippen LogP contribution in [-0.4, -0.2) is 5.11 Å². The highest BCUT2D eigenvalue weighted by atomic mass is 35.5. The van der Waals surface area contributed by atoms with Gasteiger partial charge in [0.1, 0.15) is 5.75 Å². The van der Waals surface area contributed by atoms with E-state index in [4.69, 9.17) is 18.0 Å². The van der Waals surface area contributed by atoms with Crippen molar-refractivity contribution in [2.24, 2.45) is 0 Å². The Bertz CT molecular complexity index is 325. The number of rotatable bonds is 1. The van der Waals surface area contributed by atoms with Gasteiger partial charge in [-0.25, -0.2) is 0 Å². The van der Waals surface area contributed by atoms with Gasteiger partial charge >= 0.3 is 0 Å². The van der Waals surface area contributed by atoms with Gasteiger partial charge < -0.3 is 5.11 Å². The Kier molecular flexibility index (Phi) is 2.62. The third-order valence-electron chi connectivity index (χ3n) is 1.73. The molecule has 1 atom stereocenters. The number of phenols is 1. The zero-order valence-electron chi connectivity index (χ0n) is 6.71. The minimum atomic E-state index is -0.108. The molecule has 0 saturated heterocycles. The van der Waals surface area contributed by atoms with Crippen molar-refractivity contribution in [2.45, 2.75) is 12.8 Å². The van der Waals surface area contributed by atoms with Crippen molar-refractivity contribution in [2.75, 3.05) is 0 Å². The Morgan fingerprint density at radius 3 is 2.83 bits per heavy atom. The van der Waals surface area contributed by atoms with Gasteiger partial charge in [0.25, 0.3) is 0 Å². The van der Waals surface area contributed by atoms with Crippen LogP contribution in [0.25, 0.3) is 0 Å². The molecular weight excluding hydrogens is 172 g/mol. The molecule has 1 rings (SSSR count). The lowest BCUT2D eigenvalue weighted by Gasteiger charge is -2.07. The summed E-state index contributed by atoms with van der Waals surface area (Å²) < 4.78 is 0. The van der Waals surface area contributed by atoms with Gasteiger partial charge in [0, 0.05) is 11.5 Å². The average Bonchev–Trinajstić information content (AvgIpc) is 2.08. The van der Waals surface area contributed by atoms with Crippen molar-refractivity contribution in [3.05, 3.63) is 28.8 Å². The fourth-order valence-corrected chi connectivity index (χ4v) is 1.15. The first-order valence-electron chi connectivity index (χ1n) is 3.60. The van der Waals surface area contributed by atoms with Crippen molar-refractivity contribution in [3.63, 3.8) is 0 Å². The van der Waals surface area contributed by atoms with Crippen molar-refractivity contribution >= 4 is 11.6 Å². The van der Waals surface area contributed by atoms with E-state index in [0.717, 1.165) is 0 Å². The summed E-state index contributed by atoms with van der Waals surface area (Å²) in [4.78, 5) is 0. The minimum absolute atomic E-state index is 0.0876. The molecule has 1 aromatic rings. The molecule has 0 bridgehead atoms. The predicted octanol–water partition coefficient (Wildman–Crippen LogP) is 2.78. The van der Waals surface area contributed by atoms with Crippen molar-refractivity contribution in [3.8, 4) is 18.1 Å². The van der Waals surface area contributed by atoms with Gasteiger partial charge in [0.05, 0.1) is 5.02 Å². The molecule has 0 aliphatic carbocycles. The summed E-state index contributed by atoms with van der Waals surface area (Å²) in [6.07, 6.45) is 5.22. The summed E-state index contributed by atoms with van der Waals surface area (Å²) in [5, 5.41) is 9.81. The van der Waals surface area contributed by atoms with E-state index < -0.39 is 0 Å². The molecule has 0 amide bonds. The molecule has 0 heterocycles. The third kappa shape index (κ3) is 1.54. The summed E-state index contributed by atoms with van der Waals surface area (Å²) in [5.74, 6) is 2.51. The standard InChI is InChI=1S/C10H9ClO/c1-3-7(2)8-5-4-6-9(11)10(8)12/h1,4-7,12H,2H3. The Labute approximate surface area is 77.0 Å². The number of phenolic OH excluding ortho intramolecular Hbond substituents is 1. The number of hydrogen-bond acceptors (Lipinski definition) is 1. The van der Waals surface area contributed by atoms with Crippen LogP contribution in [-0.2, 0) is 0 Å². The number of benzene rings is 1. The minimum Gasteiger partial charge on any atom is -0.506 e. The van der Waals surface area contributed by atoms with Crippen LogP contribution in [0.2, 0.25) is 5.02 Å². The highest BCUT2D eigenvalue weighted by molar-refractivity contribution is 6.32. The van der Waals surface area contributed by atoms with Gasteiger partial charge in [-0.2, -0.15) is 0 Å². The Morgan fingerprint density at radius 2 is 2.25 bits per heavy atom. The van der Waals surface area contributed by atoms with Gasteiger partial charge in [-0.05, 0) is 13.0 Å². The fraction of sp³-hybridized carbons (Fsp3) is 0.200. The van der Waals surface area contributed by atoms with E-state index in [1.165, 1.54) is 0 Å². The highest BCUT2D eigenvalue weighted by Crippen LogP contribution is 2.31. The molecule has 0 radical (unpaired) electrons. The van der Waals surface area contributed by atoms with Gasteiger partial charge in [-0.3, -0.25) is 0 Å². The molecule has 2 heteroatoms. The van der Waals surface area contributed by atoms with Crippen molar-refractivity contribution < 1.29 is 5.11 Å². The summed E-state index contributed by atoms with van der Waals surface area (Å²) in [6, 6.07) is 5.17. The maximum Gasteiger partial charge on any atom is 0.138 e. The normalized spacial score (nSPS) is 12.1. The third-order valence-corrected chi connectivity index (χ3v) is 2.04. The maximum absolute atomic E-state index is 9.47. The Morgan fingerprint density at radius 1 is 1.58 bits per heavy atom. The predicted molar refractivity (Wildman–Crippen MR) is 50.4 cm³/mol. The molecule has 0 saturated carbocycles. The summed E-state index contributed by atoms with van der Waals surface area (Å²) >= 11 is 5.70. The zero-order valence-corrected chi connectivity index (χ0v) is 7.47. The number of terminal acetylenes is 1. The topological polar surface area (TPSA) is 20.2 Å². The van der Waals surface area contributed by atoms with Crippen LogP contribution in [0.5, 0.6) is 5.75 Å².